The number of nitrogens with one attached hydrogen (secondary N) is 2. The standard InChI is InChI=1S/C15H16N4O2/c20-19(21)14-4-3-13(15-12(14)2-1-7-17-15)18-10-11-5-8-16-9-6-11/h1-5,7,16,18H,6,8-10H2. The highest BCUT2D eigenvalue weighted by molar-refractivity contribution is 5.96. The Morgan fingerprint density at radius 2 is 2.29 bits per heavy atom. The van der Waals surface area contributed by atoms with Crippen molar-refractivity contribution >= 4 is 22.3 Å². The molecule has 108 valence electrons. The lowest BCUT2D eigenvalue weighted by Gasteiger charge is -2.16. The number of anilines is 1. The number of hydrogen-bond acceptors (Lipinski definition) is 5. The van der Waals surface area contributed by atoms with E-state index in [1.807, 2.05) is 0 Å². The van der Waals surface area contributed by atoms with E-state index < -0.39 is 0 Å². The maximum absolute atomic E-state index is 11.1. The molecule has 0 radical (unpaired) electrons. The monoisotopic (exact) mass is 284 g/mol. The summed E-state index contributed by atoms with van der Waals surface area (Å²) in [6, 6.07) is 6.71. The summed E-state index contributed by atoms with van der Waals surface area (Å²) < 4.78 is 0. The summed E-state index contributed by atoms with van der Waals surface area (Å²) in [6.45, 7) is 2.63. The topological polar surface area (TPSA) is 80.1 Å². The summed E-state index contributed by atoms with van der Waals surface area (Å²) in [5, 5.41) is 18.2. The van der Waals surface area contributed by atoms with Crippen LogP contribution in [0.15, 0.2) is 42.1 Å². The minimum atomic E-state index is -0.372. The molecule has 0 bridgehead atoms. The minimum Gasteiger partial charge on any atom is -0.380 e. The van der Waals surface area contributed by atoms with E-state index in [1.165, 1.54) is 11.6 Å². The van der Waals surface area contributed by atoms with Crippen LogP contribution < -0.4 is 10.6 Å². The molecule has 3 rings (SSSR count). The van der Waals surface area contributed by atoms with Gasteiger partial charge in [-0.3, -0.25) is 15.1 Å². The lowest BCUT2D eigenvalue weighted by molar-refractivity contribution is -0.383. The molecule has 0 spiro atoms. The Hall–Kier alpha value is -2.47. The highest BCUT2D eigenvalue weighted by Gasteiger charge is 2.15. The number of aromatic nitrogens is 1. The van der Waals surface area contributed by atoms with Gasteiger partial charge in [0.25, 0.3) is 5.69 Å². The summed E-state index contributed by atoms with van der Waals surface area (Å²) >= 11 is 0. The van der Waals surface area contributed by atoms with Crippen molar-refractivity contribution in [2.24, 2.45) is 0 Å². The van der Waals surface area contributed by atoms with Gasteiger partial charge < -0.3 is 10.6 Å². The van der Waals surface area contributed by atoms with Crippen molar-refractivity contribution in [2.75, 3.05) is 25.0 Å². The van der Waals surface area contributed by atoms with Crippen LogP contribution in [-0.2, 0) is 0 Å². The molecule has 0 unspecified atom stereocenters. The van der Waals surface area contributed by atoms with Crippen LogP contribution in [0, 0.1) is 10.1 Å². The maximum atomic E-state index is 11.1. The van der Waals surface area contributed by atoms with Gasteiger partial charge in [-0.1, -0.05) is 11.6 Å². The highest BCUT2D eigenvalue weighted by Crippen LogP contribution is 2.29. The molecule has 6 nitrogen and oxygen atoms in total. The number of nitrogens with zero attached hydrogens (tertiary/aromatic N) is 2. The maximum Gasteiger partial charge on any atom is 0.278 e. The molecule has 2 N–H and O–H groups in total. The molecule has 1 aliphatic heterocycles. The van der Waals surface area contributed by atoms with E-state index in [9.17, 15) is 10.1 Å². The Bertz CT molecular complexity index is 712. The molecular weight excluding hydrogens is 268 g/mol. The normalized spacial score (nSPS) is 14.8. The number of nitro groups is 1. The third kappa shape index (κ3) is 2.85. The van der Waals surface area contributed by atoms with Gasteiger partial charge in [-0.25, -0.2) is 0 Å². The summed E-state index contributed by atoms with van der Waals surface area (Å²) in [5.74, 6) is 0. The zero-order valence-electron chi connectivity index (χ0n) is 11.5. The molecule has 0 saturated heterocycles. The number of benzene rings is 1. The van der Waals surface area contributed by atoms with Gasteiger partial charge in [0.1, 0.15) is 5.52 Å². The van der Waals surface area contributed by atoms with Gasteiger partial charge in [-0.2, -0.15) is 0 Å². The average Bonchev–Trinajstić information content (AvgIpc) is 2.53. The summed E-state index contributed by atoms with van der Waals surface area (Å²) in [4.78, 5) is 15.0. The van der Waals surface area contributed by atoms with Crippen LogP contribution in [0.3, 0.4) is 0 Å². The first kappa shape index (κ1) is 13.5. The fourth-order valence-electron chi connectivity index (χ4n) is 2.50. The van der Waals surface area contributed by atoms with E-state index in [2.05, 4.69) is 21.7 Å². The SMILES string of the molecule is O=[N+]([O-])c1ccc(NCC2=CCNCC2)c2ncccc12. The van der Waals surface area contributed by atoms with Crippen LogP contribution in [-0.4, -0.2) is 29.5 Å². The molecule has 0 saturated carbocycles. The molecule has 2 heterocycles. The van der Waals surface area contributed by atoms with Gasteiger partial charge in [0.2, 0.25) is 0 Å². The largest absolute Gasteiger partial charge is 0.380 e. The lowest BCUT2D eigenvalue weighted by atomic mass is 10.1. The second-order valence-corrected chi connectivity index (χ2v) is 4.96. The molecule has 6 heteroatoms. The Morgan fingerprint density at radius 1 is 1.38 bits per heavy atom. The minimum absolute atomic E-state index is 0.0877. The summed E-state index contributed by atoms with van der Waals surface area (Å²) in [7, 11) is 0. The first-order valence-corrected chi connectivity index (χ1v) is 6.90. The van der Waals surface area contributed by atoms with Gasteiger partial charge in [0.05, 0.1) is 16.0 Å². The van der Waals surface area contributed by atoms with Crippen LogP contribution in [0.4, 0.5) is 11.4 Å². The predicted molar refractivity (Wildman–Crippen MR) is 82.5 cm³/mol. The number of fused-ring (bicyclic) bond motifs is 1. The Kier molecular flexibility index (Phi) is 3.79. The fraction of sp³-hybridized carbons (Fsp3) is 0.267. The van der Waals surface area contributed by atoms with E-state index >= 15 is 0 Å². The van der Waals surface area contributed by atoms with Crippen molar-refractivity contribution in [3.63, 3.8) is 0 Å². The second kappa shape index (κ2) is 5.88. The number of rotatable bonds is 4. The molecule has 1 aromatic heterocycles. The number of non-ortho nitro benzene ring substituents is 1. The van der Waals surface area contributed by atoms with E-state index in [0.29, 0.717) is 10.9 Å². The molecule has 2 aromatic rings. The van der Waals surface area contributed by atoms with Crippen LogP contribution >= 0.6 is 0 Å². The fourth-order valence-corrected chi connectivity index (χ4v) is 2.50. The predicted octanol–water partition coefficient (Wildman–Crippen LogP) is 2.47. The van der Waals surface area contributed by atoms with E-state index in [1.54, 1.807) is 24.4 Å². The molecule has 21 heavy (non-hydrogen) atoms. The van der Waals surface area contributed by atoms with Crippen molar-refractivity contribution in [3.8, 4) is 0 Å². The molecule has 0 amide bonds. The van der Waals surface area contributed by atoms with E-state index in [0.717, 1.165) is 31.7 Å². The smallest absolute Gasteiger partial charge is 0.278 e. The number of nitro benzene ring substituents is 1. The summed E-state index contributed by atoms with van der Waals surface area (Å²) in [5.41, 5.74) is 2.90. The molecule has 0 aliphatic carbocycles. The lowest BCUT2D eigenvalue weighted by Crippen LogP contribution is -2.23. The van der Waals surface area contributed by atoms with Crippen molar-refractivity contribution in [3.05, 3.63) is 52.2 Å². The van der Waals surface area contributed by atoms with Crippen LogP contribution in [0.1, 0.15) is 6.42 Å². The molecule has 1 aliphatic rings. The Morgan fingerprint density at radius 3 is 3.05 bits per heavy atom. The van der Waals surface area contributed by atoms with Gasteiger partial charge in [0.15, 0.2) is 0 Å². The number of pyridine rings is 1. The van der Waals surface area contributed by atoms with Gasteiger partial charge in [0, 0.05) is 25.4 Å². The van der Waals surface area contributed by atoms with Crippen molar-refractivity contribution < 1.29 is 4.92 Å². The molecule has 1 aromatic carbocycles. The zero-order valence-corrected chi connectivity index (χ0v) is 11.5. The Balaban J connectivity index is 1.90. The van der Waals surface area contributed by atoms with Crippen LogP contribution in [0.2, 0.25) is 0 Å². The third-order valence-corrected chi connectivity index (χ3v) is 3.61. The van der Waals surface area contributed by atoms with Crippen LogP contribution in [0.25, 0.3) is 10.9 Å². The Labute approximate surface area is 122 Å². The summed E-state index contributed by atoms with van der Waals surface area (Å²) in [6.07, 6.45) is 4.85. The van der Waals surface area contributed by atoms with E-state index in [-0.39, 0.29) is 10.6 Å². The van der Waals surface area contributed by atoms with Gasteiger partial charge in [-0.05, 0) is 31.2 Å². The quantitative estimate of drug-likeness (QED) is 0.512. The van der Waals surface area contributed by atoms with Crippen LogP contribution in [0.5, 0.6) is 0 Å². The van der Waals surface area contributed by atoms with Gasteiger partial charge in [-0.15, -0.1) is 0 Å². The van der Waals surface area contributed by atoms with Crippen molar-refractivity contribution in [1.29, 1.82) is 0 Å². The first-order valence-electron chi connectivity index (χ1n) is 6.90. The first-order chi connectivity index (χ1) is 10.3. The third-order valence-electron chi connectivity index (χ3n) is 3.61. The van der Waals surface area contributed by atoms with E-state index in [4.69, 9.17) is 0 Å². The zero-order chi connectivity index (χ0) is 14.7. The van der Waals surface area contributed by atoms with Crippen molar-refractivity contribution in [2.45, 2.75) is 6.42 Å². The number of hydrogen-bond donors (Lipinski definition) is 2. The van der Waals surface area contributed by atoms with Crippen molar-refractivity contribution in [1.82, 2.24) is 10.3 Å². The molecule has 0 atom stereocenters. The molecule has 0 fully saturated rings. The average molecular weight is 284 g/mol. The molecular formula is C15H16N4O2. The second-order valence-electron chi connectivity index (χ2n) is 4.96. The highest BCUT2D eigenvalue weighted by atomic mass is 16.6. The van der Waals surface area contributed by atoms with Gasteiger partial charge >= 0.3 is 0 Å².